The number of hydrogen-bond donors (Lipinski definition) is 1. The van der Waals surface area contributed by atoms with Crippen LogP contribution in [0.1, 0.15) is 53.7 Å². The first kappa shape index (κ1) is 30.5. The second-order valence-corrected chi connectivity index (χ2v) is 12.4. The molecule has 238 valence electrons. The maximum absolute atomic E-state index is 15.7. The molecule has 3 aliphatic rings. The standard InChI is InChI=1S/C35H37BFN3O6/c1-23(11-16-44-27-10-7-25-22-46-36(43)30(25)17-27)38-12-14-39(15-13-38)33-19-32-28(18-31(33)37)34(41)29(20-40(32)26-8-9-26)35(42)45-21-24-5-3-2-4-6-24/h2-7,10,17-20,23,26,43H,8-9,11-16,21-22H2,1H3. The molecule has 0 bridgehead atoms. The number of hydrogen-bond acceptors (Lipinski definition) is 8. The third-order valence-corrected chi connectivity index (χ3v) is 9.34. The number of piperazine rings is 1. The highest BCUT2D eigenvalue weighted by molar-refractivity contribution is 6.61. The lowest BCUT2D eigenvalue weighted by Crippen LogP contribution is -2.50. The molecule has 3 heterocycles. The van der Waals surface area contributed by atoms with Crippen molar-refractivity contribution in [2.24, 2.45) is 0 Å². The molecule has 9 nitrogen and oxygen atoms in total. The lowest BCUT2D eigenvalue weighted by molar-refractivity contribution is 0.0470. The van der Waals surface area contributed by atoms with Crippen LogP contribution in [0.5, 0.6) is 5.75 Å². The number of halogens is 1. The SMILES string of the molecule is CC(CCOc1ccc2c(c1)B(O)OC2)N1CCN(c2cc3c(cc2F)c(=O)c(C(=O)OCc2ccccc2)cn3C2CC2)CC1. The normalized spacial score (nSPS) is 17.3. The molecule has 0 spiro atoms. The number of carbonyl (C=O) groups excluding carboxylic acids is 1. The number of esters is 1. The van der Waals surface area contributed by atoms with Gasteiger partial charge in [0.1, 0.15) is 23.7 Å². The number of ether oxygens (including phenoxy) is 2. The van der Waals surface area contributed by atoms with Crippen molar-refractivity contribution in [2.75, 3.05) is 37.7 Å². The van der Waals surface area contributed by atoms with Gasteiger partial charge in [-0.15, -0.1) is 0 Å². The minimum absolute atomic E-state index is 0.0565. The summed E-state index contributed by atoms with van der Waals surface area (Å²) in [7, 11) is -0.895. The molecule has 1 atom stereocenters. The molecule has 2 fully saturated rings. The van der Waals surface area contributed by atoms with Crippen molar-refractivity contribution < 1.29 is 28.3 Å². The van der Waals surface area contributed by atoms with Crippen molar-refractivity contribution in [1.29, 1.82) is 0 Å². The molecule has 1 aliphatic carbocycles. The summed E-state index contributed by atoms with van der Waals surface area (Å²) in [6.07, 6.45) is 4.29. The van der Waals surface area contributed by atoms with E-state index in [1.165, 1.54) is 6.07 Å². The quantitative estimate of drug-likeness (QED) is 0.209. The van der Waals surface area contributed by atoms with Crippen molar-refractivity contribution in [3.05, 3.63) is 99.6 Å². The Morgan fingerprint density at radius 3 is 2.63 bits per heavy atom. The highest BCUT2D eigenvalue weighted by Gasteiger charge is 2.30. The van der Waals surface area contributed by atoms with Crippen molar-refractivity contribution in [3.63, 3.8) is 0 Å². The Hall–Kier alpha value is -4.19. The fourth-order valence-electron chi connectivity index (χ4n) is 6.42. The van der Waals surface area contributed by atoms with Crippen molar-refractivity contribution >= 4 is 35.1 Å². The highest BCUT2D eigenvalue weighted by atomic mass is 19.1. The lowest BCUT2D eigenvalue weighted by Gasteiger charge is -2.39. The van der Waals surface area contributed by atoms with Crippen LogP contribution < -0.4 is 20.5 Å². The molecule has 3 aromatic carbocycles. The molecule has 2 aliphatic heterocycles. The average Bonchev–Trinajstić information content (AvgIpc) is 3.86. The maximum atomic E-state index is 15.7. The van der Waals surface area contributed by atoms with Gasteiger partial charge in [-0.25, -0.2) is 9.18 Å². The van der Waals surface area contributed by atoms with Crippen LogP contribution in [-0.4, -0.2) is 66.4 Å². The Morgan fingerprint density at radius 1 is 1.09 bits per heavy atom. The van der Waals surface area contributed by atoms with Gasteiger partial charge >= 0.3 is 13.1 Å². The van der Waals surface area contributed by atoms with Crippen LogP contribution in [-0.2, 0) is 22.6 Å². The third kappa shape index (κ3) is 6.27. The minimum atomic E-state index is -0.895. The molecule has 0 radical (unpaired) electrons. The Balaban J connectivity index is 1.01. The zero-order valence-electron chi connectivity index (χ0n) is 25.9. The monoisotopic (exact) mass is 625 g/mol. The Labute approximate surface area is 267 Å². The van der Waals surface area contributed by atoms with Gasteiger partial charge in [0.25, 0.3) is 0 Å². The lowest BCUT2D eigenvalue weighted by atomic mass is 9.79. The Morgan fingerprint density at radius 2 is 1.87 bits per heavy atom. The summed E-state index contributed by atoms with van der Waals surface area (Å²) >= 11 is 0. The summed E-state index contributed by atoms with van der Waals surface area (Å²) < 4.78 is 34.3. The molecule has 1 unspecified atom stereocenters. The van der Waals surface area contributed by atoms with Crippen molar-refractivity contribution in [3.8, 4) is 5.75 Å². The predicted octanol–water partition coefficient (Wildman–Crippen LogP) is 4.03. The number of fused-ring (bicyclic) bond motifs is 2. The summed E-state index contributed by atoms with van der Waals surface area (Å²) in [5.74, 6) is -0.458. The smallest absolute Gasteiger partial charge is 0.491 e. The molecule has 1 N–H and O–H groups in total. The van der Waals surface area contributed by atoms with Gasteiger partial charge in [0.2, 0.25) is 5.43 Å². The van der Waals surface area contributed by atoms with Gasteiger partial charge in [0.05, 0.1) is 24.4 Å². The molecule has 11 heteroatoms. The topological polar surface area (TPSA) is 93.5 Å². The van der Waals surface area contributed by atoms with E-state index in [0.29, 0.717) is 43.3 Å². The van der Waals surface area contributed by atoms with Gasteiger partial charge in [0, 0.05) is 49.8 Å². The first-order chi connectivity index (χ1) is 22.4. The van der Waals surface area contributed by atoms with E-state index in [2.05, 4.69) is 11.8 Å². The number of carbonyl (C=O) groups is 1. The summed E-state index contributed by atoms with van der Waals surface area (Å²) in [4.78, 5) is 30.9. The zero-order valence-corrected chi connectivity index (χ0v) is 25.9. The van der Waals surface area contributed by atoms with Crippen LogP contribution >= 0.6 is 0 Å². The third-order valence-electron chi connectivity index (χ3n) is 9.34. The number of aromatic nitrogens is 1. The fraction of sp³-hybridized carbons (Fsp3) is 0.371. The molecule has 4 aromatic rings. The number of rotatable bonds is 10. The van der Waals surface area contributed by atoms with E-state index in [4.69, 9.17) is 14.1 Å². The van der Waals surface area contributed by atoms with Crippen LogP contribution in [0.2, 0.25) is 0 Å². The molecule has 1 saturated carbocycles. The Kier molecular flexibility index (Phi) is 8.55. The second-order valence-electron chi connectivity index (χ2n) is 12.4. The maximum Gasteiger partial charge on any atom is 0.491 e. The summed E-state index contributed by atoms with van der Waals surface area (Å²) in [6, 6.07) is 18.5. The zero-order chi connectivity index (χ0) is 31.8. The van der Waals surface area contributed by atoms with Gasteiger partial charge in [-0.3, -0.25) is 9.69 Å². The second kappa shape index (κ2) is 12.9. The van der Waals surface area contributed by atoms with Crippen molar-refractivity contribution in [2.45, 2.75) is 51.5 Å². The van der Waals surface area contributed by atoms with E-state index >= 15 is 4.39 Å². The molecule has 1 aromatic heterocycles. The average molecular weight is 626 g/mol. The first-order valence-electron chi connectivity index (χ1n) is 16.0. The predicted molar refractivity (Wildman–Crippen MR) is 174 cm³/mol. The molecule has 7 rings (SSSR count). The number of nitrogens with zero attached hydrogens (tertiary/aromatic N) is 3. The Bertz CT molecular complexity index is 1810. The van der Waals surface area contributed by atoms with E-state index in [1.54, 1.807) is 12.3 Å². The highest BCUT2D eigenvalue weighted by Crippen LogP contribution is 2.38. The van der Waals surface area contributed by atoms with Gasteiger partial charge in [-0.05, 0) is 67.0 Å². The first-order valence-corrected chi connectivity index (χ1v) is 16.0. The fourth-order valence-corrected chi connectivity index (χ4v) is 6.42. The summed E-state index contributed by atoms with van der Waals surface area (Å²) in [6.45, 7) is 6.01. The molecule has 0 amide bonds. The van der Waals surface area contributed by atoms with Crippen LogP contribution in [0.3, 0.4) is 0 Å². The van der Waals surface area contributed by atoms with E-state index in [0.717, 1.165) is 48.9 Å². The number of benzene rings is 3. The van der Waals surface area contributed by atoms with Crippen molar-refractivity contribution in [1.82, 2.24) is 9.47 Å². The van der Waals surface area contributed by atoms with E-state index in [-0.39, 0.29) is 29.6 Å². The van der Waals surface area contributed by atoms with E-state index in [1.807, 2.05) is 58.0 Å². The minimum Gasteiger partial charge on any atom is -0.494 e. The molecular weight excluding hydrogens is 588 g/mol. The van der Waals surface area contributed by atoms with E-state index < -0.39 is 24.3 Å². The van der Waals surface area contributed by atoms with Gasteiger partial charge < -0.3 is 28.6 Å². The molecule has 1 saturated heterocycles. The number of anilines is 1. The van der Waals surface area contributed by atoms with Gasteiger partial charge in [0.15, 0.2) is 0 Å². The molecule has 46 heavy (non-hydrogen) atoms. The van der Waals surface area contributed by atoms with Crippen LogP contribution in [0, 0.1) is 5.82 Å². The van der Waals surface area contributed by atoms with E-state index in [9.17, 15) is 14.6 Å². The van der Waals surface area contributed by atoms with Crippen LogP contribution in [0.25, 0.3) is 10.9 Å². The molecular formula is C35H37BFN3O6. The van der Waals surface area contributed by atoms with Gasteiger partial charge in [-0.1, -0.05) is 36.4 Å². The summed E-state index contributed by atoms with van der Waals surface area (Å²) in [5, 5.41) is 10.1. The van der Waals surface area contributed by atoms with Gasteiger partial charge in [-0.2, -0.15) is 0 Å². The van der Waals surface area contributed by atoms with Crippen LogP contribution in [0.15, 0.2) is 71.7 Å². The largest absolute Gasteiger partial charge is 0.494 e. The number of pyridine rings is 1. The summed E-state index contributed by atoms with van der Waals surface area (Å²) in [5.41, 5.74) is 3.09. The van der Waals surface area contributed by atoms with Crippen LogP contribution in [0.4, 0.5) is 10.1 Å².